The highest BCUT2D eigenvalue weighted by atomic mass is 16.5. The van der Waals surface area contributed by atoms with Gasteiger partial charge in [-0.05, 0) is 29.8 Å². The topological polar surface area (TPSA) is 51.3 Å². The van der Waals surface area contributed by atoms with E-state index in [-0.39, 0.29) is 5.56 Å². The van der Waals surface area contributed by atoms with Crippen LogP contribution in [-0.2, 0) is 6.61 Å². The highest BCUT2D eigenvalue weighted by Crippen LogP contribution is 2.23. The smallest absolute Gasteiger partial charge is 0.248 e. The third-order valence-corrected chi connectivity index (χ3v) is 3.27. The average Bonchev–Trinajstić information content (AvgIpc) is 2.53. The van der Waals surface area contributed by atoms with Gasteiger partial charge in [0.15, 0.2) is 0 Å². The Morgan fingerprint density at radius 3 is 2.57 bits per heavy atom. The third-order valence-electron chi connectivity index (χ3n) is 3.27. The number of H-pyrrole nitrogens is 1. The van der Waals surface area contributed by atoms with Gasteiger partial charge in [-0.15, -0.1) is 0 Å². The fourth-order valence-corrected chi connectivity index (χ4v) is 2.15. The molecule has 0 fully saturated rings. The van der Waals surface area contributed by atoms with Crippen molar-refractivity contribution in [3.05, 3.63) is 70.5 Å². The molecule has 0 unspecified atom stereocenters. The Bertz CT molecular complexity index is 806. The number of ether oxygens (including phenoxy) is 2. The van der Waals surface area contributed by atoms with Gasteiger partial charge in [-0.1, -0.05) is 24.3 Å². The summed E-state index contributed by atoms with van der Waals surface area (Å²) in [5, 5.41) is 0.946. The number of methoxy groups -OCH3 is 1. The largest absolute Gasteiger partial charge is 0.497 e. The van der Waals surface area contributed by atoms with Gasteiger partial charge in [0.1, 0.15) is 18.1 Å². The summed E-state index contributed by atoms with van der Waals surface area (Å²) in [6.45, 7) is 0.431. The van der Waals surface area contributed by atoms with Crippen LogP contribution in [-0.4, -0.2) is 12.1 Å². The van der Waals surface area contributed by atoms with Crippen molar-refractivity contribution in [3.63, 3.8) is 0 Å². The first-order chi connectivity index (χ1) is 10.3. The molecular formula is C17H15NO3. The predicted octanol–water partition coefficient (Wildman–Crippen LogP) is 3.12. The minimum atomic E-state index is -0.136. The zero-order chi connectivity index (χ0) is 14.7. The van der Waals surface area contributed by atoms with Gasteiger partial charge in [-0.3, -0.25) is 4.79 Å². The average molecular weight is 281 g/mol. The van der Waals surface area contributed by atoms with Gasteiger partial charge >= 0.3 is 0 Å². The van der Waals surface area contributed by atoms with E-state index < -0.39 is 0 Å². The summed E-state index contributed by atoms with van der Waals surface area (Å²) in [6, 6.07) is 16.7. The van der Waals surface area contributed by atoms with Crippen LogP contribution >= 0.6 is 0 Å². The molecule has 3 aromatic rings. The summed E-state index contributed by atoms with van der Waals surface area (Å²) >= 11 is 0. The quantitative estimate of drug-likeness (QED) is 0.799. The molecular weight excluding hydrogens is 266 g/mol. The minimum Gasteiger partial charge on any atom is -0.497 e. The number of rotatable bonds is 4. The lowest BCUT2D eigenvalue weighted by molar-refractivity contribution is 0.309. The van der Waals surface area contributed by atoms with Crippen LogP contribution in [0.4, 0.5) is 0 Å². The van der Waals surface area contributed by atoms with E-state index in [2.05, 4.69) is 4.98 Å². The summed E-state index contributed by atoms with van der Waals surface area (Å²) < 4.78 is 10.9. The maximum absolute atomic E-state index is 11.5. The molecule has 4 nitrogen and oxygen atoms in total. The molecule has 1 N–H and O–H groups in total. The van der Waals surface area contributed by atoms with Crippen LogP contribution in [0, 0.1) is 0 Å². The Morgan fingerprint density at radius 2 is 1.81 bits per heavy atom. The van der Waals surface area contributed by atoms with Crippen molar-refractivity contribution in [2.24, 2.45) is 0 Å². The highest BCUT2D eigenvalue weighted by molar-refractivity contribution is 5.84. The van der Waals surface area contributed by atoms with Gasteiger partial charge in [0, 0.05) is 11.5 Å². The van der Waals surface area contributed by atoms with Crippen LogP contribution in [0.15, 0.2) is 59.4 Å². The fourth-order valence-electron chi connectivity index (χ4n) is 2.15. The van der Waals surface area contributed by atoms with Crippen molar-refractivity contribution in [2.75, 3.05) is 7.11 Å². The molecule has 0 aliphatic heterocycles. The Morgan fingerprint density at radius 1 is 1.00 bits per heavy atom. The zero-order valence-electron chi connectivity index (χ0n) is 11.6. The van der Waals surface area contributed by atoms with Crippen molar-refractivity contribution in [3.8, 4) is 11.5 Å². The van der Waals surface area contributed by atoms with E-state index in [1.54, 1.807) is 13.2 Å². The van der Waals surface area contributed by atoms with Crippen LogP contribution in [0.25, 0.3) is 10.9 Å². The van der Waals surface area contributed by atoms with Crippen molar-refractivity contribution >= 4 is 10.9 Å². The molecule has 3 rings (SSSR count). The predicted molar refractivity (Wildman–Crippen MR) is 81.9 cm³/mol. The Kier molecular flexibility index (Phi) is 3.60. The Hall–Kier alpha value is -2.75. The Balaban J connectivity index is 1.84. The molecule has 0 spiro atoms. The van der Waals surface area contributed by atoms with E-state index in [4.69, 9.17) is 9.47 Å². The first-order valence-corrected chi connectivity index (χ1v) is 6.64. The molecule has 0 saturated carbocycles. The number of para-hydroxylation sites is 1. The van der Waals surface area contributed by atoms with Crippen LogP contribution in [0.1, 0.15) is 5.56 Å². The van der Waals surface area contributed by atoms with Crippen molar-refractivity contribution in [2.45, 2.75) is 6.61 Å². The number of benzene rings is 2. The number of aromatic nitrogens is 1. The van der Waals surface area contributed by atoms with E-state index in [0.717, 1.165) is 22.2 Å². The Labute approximate surface area is 122 Å². The van der Waals surface area contributed by atoms with Gasteiger partial charge in [0.05, 0.1) is 12.6 Å². The number of pyridine rings is 1. The molecule has 1 aromatic heterocycles. The molecule has 0 aliphatic carbocycles. The summed E-state index contributed by atoms with van der Waals surface area (Å²) in [7, 11) is 1.64. The second-order valence-corrected chi connectivity index (χ2v) is 4.68. The lowest BCUT2D eigenvalue weighted by Crippen LogP contribution is -2.04. The summed E-state index contributed by atoms with van der Waals surface area (Å²) in [4.78, 5) is 14.3. The van der Waals surface area contributed by atoms with Gasteiger partial charge in [-0.25, -0.2) is 0 Å². The first-order valence-electron chi connectivity index (χ1n) is 6.64. The molecule has 0 radical (unpaired) electrons. The summed E-state index contributed by atoms with van der Waals surface area (Å²) in [6.07, 6.45) is 0. The molecule has 0 bridgehead atoms. The van der Waals surface area contributed by atoms with E-state index in [1.165, 1.54) is 6.07 Å². The maximum atomic E-state index is 11.5. The standard InChI is InChI=1S/C17H15NO3/c1-20-14-8-5-12(6-9-14)11-21-15-4-2-3-13-7-10-16(19)18-17(13)15/h2-10H,11H2,1H3,(H,18,19). The highest BCUT2D eigenvalue weighted by Gasteiger charge is 2.03. The minimum absolute atomic E-state index is 0.136. The van der Waals surface area contributed by atoms with E-state index >= 15 is 0 Å². The molecule has 0 aliphatic rings. The second-order valence-electron chi connectivity index (χ2n) is 4.68. The number of hydrogen-bond acceptors (Lipinski definition) is 3. The van der Waals surface area contributed by atoms with E-state index in [0.29, 0.717) is 12.4 Å². The van der Waals surface area contributed by atoms with Crippen LogP contribution in [0.2, 0.25) is 0 Å². The third kappa shape index (κ3) is 2.89. The zero-order valence-corrected chi connectivity index (χ0v) is 11.6. The first kappa shape index (κ1) is 13.2. The van der Waals surface area contributed by atoms with Crippen molar-refractivity contribution in [1.82, 2.24) is 4.98 Å². The maximum Gasteiger partial charge on any atom is 0.248 e. The molecule has 2 aromatic carbocycles. The van der Waals surface area contributed by atoms with Gasteiger partial charge in [-0.2, -0.15) is 0 Å². The summed E-state index contributed by atoms with van der Waals surface area (Å²) in [5.74, 6) is 1.48. The summed E-state index contributed by atoms with van der Waals surface area (Å²) in [5.41, 5.74) is 1.62. The van der Waals surface area contributed by atoms with Gasteiger partial charge < -0.3 is 14.5 Å². The molecule has 106 valence electrons. The monoisotopic (exact) mass is 281 g/mol. The SMILES string of the molecule is COc1ccc(COc2cccc3ccc(=O)[nH]c23)cc1. The van der Waals surface area contributed by atoms with Crippen molar-refractivity contribution < 1.29 is 9.47 Å². The van der Waals surface area contributed by atoms with Crippen LogP contribution in [0.5, 0.6) is 11.5 Å². The second kappa shape index (κ2) is 5.71. The molecule has 21 heavy (non-hydrogen) atoms. The van der Waals surface area contributed by atoms with E-state index in [1.807, 2.05) is 42.5 Å². The van der Waals surface area contributed by atoms with Gasteiger partial charge in [0.25, 0.3) is 0 Å². The van der Waals surface area contributed by atoms with Crippen LogP contribution < -0.4 is 15.0 Å². The molecule has 0 atom stereocenters. The number of fused-ring (bicyclic) bond motifs is 1. The molecule has 0 amide bonds. The molecule has 4 heteroatoms. The van der Waals surface area contributed by atoms with E-state index in [9.17, 15) is 4.79 Å². The fraction of sp³-hybridized carbons (Fsp3) is 0.118. The lowest BCUT2D eigenvalue weighted by atomic mass is 10.2. The number of hydrogen-bond donors (Lipinski definition) is 1. The normalized spacial score (nSPS) is 10.5. The number of aromatic amines is 1. The van der Waals surface area contributed by atoms with Gasteiger partial charge in [0.2, 0.25) is 5.56 Å². The van der Waals surface area contributed by atoms with Crippen LogP contribution in [0.3, 0.4) is 0 Å². The van der Waals surface area contributed by atoms with Crippen molar-refractivity contribution in [1.29, 1.82) is 0 Å². The molecule has 0 saturated heterocycles. The lowest BCUT2D eigenvalue weighted by Gasteiger charge is -2.09. The molecule has 1 heterocycles. The number of nitrogens with one attached hydrogen (secondary N) is 1.